The molecule has 3 N–H and O–H groups in total. The van der Waals surface area contributed by atoms with Gasteiger partial charge in [0.2, 0.25) is 6.29 Å². The second-order valence-electron chi connectivity index (χ2n) is 4.78. The summed E-state index contributed by atoms with van der Waals surface area (Å²) in [5, 5.41) is 28.3. The van der Waals surface area contributed by atoms with E-state index in [1.54, 1.807) is 24.3 Å². The Morgan fingerprint density at radius 2 is 2.00 bits per heavy atom. The molecular formula is C14H18O6. The highest BCUT2D eigenvalue weighted by Crippen LogP contribution is 2.23. The molecule has 0 aliphatic carbocycles. The van der Waals surface area contributed by atoms with E-state index >= 15 is 0 Å². The van der Waals surface area contributed by atoms with Gasteiger partial charge in [0.1, 0.15) is 18.0 Å². The SMILES string of the molecule is CC(=O)c1ccc(OC2CC(O)C(O)C(CO)O2)cc1. The molecule has 1 aliphatic heterocycles. The Labute approximate surface area is 116 Å². The van der Waals surface area contributed by atoms with Crippen LogP contribution in [0.4, 0.5) is 0 Å². The van der Waals surface area contributed by atoms with Crippen LogP contribution in [0, 0.1) is 0 Å². The van der Waals surface area contributed by atoms with Crippen LogP contribution in [-0.4, -0.2) is 52.3 Å². The van der Waals surface area contributed by atoms with Crippen molar-refractivity contribution in [3.63, 3.8) is 0 Å². The van der Waals surface area contributed by atoms with Crippen molar-refractivity contribution in [1.82, 2.24) is 0 Å². The van der Waals surface area contributed by atoms with Crippen molar-refractivity contribution in [2.24, 2.45) is 0 Å². The molecule has 1 saturated heterocycles. The van der Waals surface area contributed by atoms with Crippen LogP contribution in [-0.2, 0) is 4.74 Å². The van der Waals surface area contributed by atoms with E-state index in [9.17, 15) is 15.0 Å². The maximum atomic E-state index is 11.2. The zero-order valence-electron chi connectivity index (χ0n) is 11.1. The zero-order chi connectivity index (χ0) is 14.7. The van der Waals surface area contributed by atoms with Crippen LogP contribution in [0.15, 0.2) is 24.3 Å². The Hall–Kier alpha value is -1.47. The van der Waals surface area contributed by atoms with Crippen LogP contribution < -0.4 is 4.74 Å². The van der Waals surface area contributed by atoms with E-state index in [1.165, 1.54) is 6.92 Å². The van der Waals surface area contributed by atoms with Crippen molar-refractivity contribution in [1.29, 1.82) is 0 Å². The first kappa shape index (κ1) is 14.9. The second kappa shape index (κ2) is 6.32. The number of Topliss-reactive ketones (excluding diaryl/α,β-unsaturated/α-hetero) is 1. The molecule has 2 rings (SSSR count). The number of carbonyl (C=O) groups excluding carboxylic acids is 1. The minimum absolute atomic E-state index is 0.0376. The molecule has 0 bridgehead atoms. The van der Waals surface area contributed by atoms with Crippen molar-refractivity contribution in [2.75, 3.05) is 6.61 Å². The largest absolute Gasteiger partial charge is 0.465 e. The predicted molar refractivity (Wildman–Crippen MR) is 69.5 cm³/mol. The van der Waals surface area contributed by atoms with Crippen LogP contribution in [0.2, 0.25) is 0 Å². The Kier molecular flexibility index (Phi) is 4.72. The fourth-order valence-corrected chi connectivity index (χ4v) is 2.06. The summed E-state index contributed by atoms with van der Waals surface area (Å²) in [4.78, 5) is 11.2. The molecule has 110 valence electrons. The summed E-state index contributed by atoms with van der Waals surface area (Å²) in [6.45, 7) is 1.07. The zero-order valence-corrected chi connectivity index (χ0v) is 11.1. The number of benzene rings is 1. The lowest BCUT2D eigenvalue weighted by Crippen LogP contribution is -2.51. The molecule has 4 unspecified atom stereocenters. The van der Waals surface area contributed by atoms with Gasteiger partial charge >= 0.3 is 0 Å². The number of aliphatic hydroxyl groups is 3. The summed E-state index contributed by atoms with van der Waals surface area (Å²) in [6.07, 6.45) is -3.66. The molecule has 6 nitrogen and oxygen atoms in total. The van der Waals surface area contributed by atoms with Gasteiger partial charge in [-0.2, -0.15) is 0 Å². The first-order valence-corrected chi connectivity index (χ1v) is 6.41. The molecule has 0 spiro atoms. The lowest BCUT2D eigenvalue weighted by atomic mass is 10.0. The number of rotatable bonds is 4. The van der Waals surface area contributed by atoms with Crippen molar-refractivity contribution in [2.45, 2.75) is 37.9 Å². The van der Waals surface area contributed by atoms with E-state index in [0.717, 1.165) is 0 Å². The van der Waals surface area contributed by atoms with E-state index in [0.29, 0.717) is 11.3 Å². The summed E-state index contributed by atoms with van der Waals surface area (Å²) in [5.41, 5.74) is 0.575. The molecule has 4 atom stereocenters. The van der Waals surface area contributed by atoms with E-state index in [1.807, 2.05) is 0 Å². The van der Waals surface area contributed by atoms with Crippen molar-refractivity contribution in [3.8, 4) is 5.75 Å². The summed E-state index contributed by atoms with van der Waals surface area (Å²) in [5.74, 6) is 0.449. The molecule has 0 aromatic heterocycles. The number of aliphatic hydroxyl groups excluding tert-OH is 3. The van der Waals surface area contributed by atoms with Gasteiger partial charge in [-0.25, -0.2) is 0 Å². The van der Waals surface area contributed by atoms with Gasteiger partial charge in [0.05, 0.1) is 12.7 Å². The van der Waals surface area contributed by atoms with Crippen LogP contribution in [0.3, 0.4) is 0 Å². The highest BCUT2D eigenvalue weighted by molar-refractivity contribution is 5.94. The number of hydrogen-bond donors (Lipinski definition) is 3. The average molecular weight is 282 g/mol. The first-order chi connectivity index (χ1) is 9.51. The monoisotopic (exact) mass is 282 g/mol. The van der Waals surface area contributed by atoms with Gasteiger partial charge in [-0.1, -0.05) is 0 Å². The first-order valence-electron chi connectivity index (χ1n) is 6.41. The van der Waals surface area contributed by atoms with Gasteiger partial charge in [-0.15, -0.1) is 0 Å². The van der Waals surface area contributed by atoms with Crippen LogP contribution >= 0.6 is 0 Å². The molecule has 0 amide bonds. The van der Waals surface area contributed by atoms with Gasteiger partial charge in [0.25, 0.3) is 0 Å². The molecule has 0 radical (unpaired) electrons. The molecule has 1 aromatic rings. The predicted octanol–water partition coefficient (Wildman–Crippen LogP) is 0.0971. The third-order valence-corrected chi connectivity index (χ3v) is 3.24. The Bertz CT molecular complexity index is 457. The maximum Gasteiger partial charge on any atom is 0.202 e. The molecule has 20 heavy (non-hydrogen) atoms. The van der Waals surface area contributed by atoms with Crippen molar-refractivity contribution < 1.29 is 29.6 Å². The van der Waals surface area contributed by atoms with Crippen LogP contribution in [0.5, 0.6) is 5.75 Å². The summed E-state index contributed by atoms with van der Waals surface area (Å²) < 4.78 is 10.9. The number of ketones is 1. The fraction of sp³-hybridized carbons (Fsp3) is 0.500. The van der Waals surface area contributed by atoms with Gasteiger partial charge in [0.15, 0.2) is 5.78 Å². The highest BCUT2D eigenvalue weighted by Gasteiger charge is 2.37. The summed E-state index contributed by atoms with van der Waals surface area (Å²) >= 11 is 0. The second-order valence-corrected chi connectivity index (χ2v) is 4.78. The number of hydrogen-bond acceptors (Lipinski definition) is 6. The third kappa shape index (κ3) is 3.34. The van der Waals surface area contributed by atoms with E-state index in [-0.39, 0.29) is 12.2 Å². The molecule has 1 aliphatic rings. The van der Waals surface area contributed by atoms with Gasteiger partial charge < -0.3 is 24.8 Å². The summed E-state index contributed by atoms with van der Waals surface area (Å²) in [6, 6.07) is 6.53. The van der Waals surface area contributed by atoms with Crippen LogP contribution in [0.1, 0.15) is 23.7 Å². The molecule has 1 heterocycles. The van der Waals surface area contributed by atoms with E-state index in [4.69, 9.17) is 14.6 Å². The van der Waals surface area contributed by atoms with Crippen LogP contribution in [0.25, 0.3) is 0 Å². The quantitative estimate of drug-likeness (QED) is 0.678. The number of ether oxygens (including phenoxy) is 2. The van der Waals surface area contributed by atoms with Gasteiger partial charge in [0, 0.05) is 12.0 Å². The molecule has 1 aromatic carbocycles. The number of carbonyl (C=O) groups is 1. The lowest BCUT2D eigenvalue weighted by Gasteiger charge is -2.36. The Morgan fingerprint density at radius 3 is 2.55 bits per heavy atom. The molecular weight excluding hydrogens is 264 g/mol. The fourth-order valence-electron chi connectivity index (χ4n) is 2.06. The van der Waals surface area contributed by atoms with Gasteiger partial charge in [-0.3, -0.25) is 4.79 Å². The minimum Gasteiger partial charge on any atom is -0.465 e. The normalized spacial score (nSPS) is 30.0. The topological polar surface area (TPSA) is 96.2 Å². The van der Waals surface area contributed by atoms with E-state index in [2.05, 4.69) is 0 Å². The molecule has 0 saturated carbocycles. The standard InChI is InChI=1S/C14H18O6/c1-8(16)9-2-4-10(5-3-9)19-13-6-11(17)14(18)12(7-15)20-13/h2-5,11-15,17-18H,6-7H2,1H3. The molecule has 1 fully saturated rings. The average Bonchev–Trinajstić information content (AvgIpc) is 2.43. The smallest absolute Gasteiger partial charge is 0.202 e. The summed E-state index contributed by atoms with van der Waals surface area (Å²) in [7, 11) is 0. The lowest BCUT2D eigenvalue weighted by molar-refractivity contribution is -0.229. The minimum atomic E-state index is -1.13. The maximum absolute atomic E-state index is 11.2. The van der Waals surface area contributed by atoms with Gasteiger partial charge in [-0.05, 0) is 31.2 Å². The van der Waals surface area contributed by atoms with E-state index < -0.39 is 31.2 Å². The Balaban J connectivity index is 2.00. The third-order valence-electron chi connectivity index (χ3n) is 3.24. The molecule has 6 heteroatoms. The van der Waals surface area contributed by atoms with Crippen molar-refractivity contribution >= 4 is 5.78 Å². The Morgan fingerprint density at radius 1 is 1.35 bits per heavy atom. The van der Waals surface area contributed by atoms with Crippen molar-refractivity contribution in [3.05, 3.63) is 29.8 Å². The highest BCUT2D eigenvalue weighted by atomic mass is 16.7.